The van der Waals surface area contributed by atoms with Crippen molar-refractivity contribution in [1.82, 2.24) is 0 Å². The highest BCUT2D eigenvalue weighted by Gasteiger charge is 2.27. The van der Waals surface area contributed by atoms with Crippen molar-refractivity contribution in [2.75, 3.05) is 24.3 Å². The Morgan fingerprint density at radius 1 is 1.35 bits per heavy atom. The van der Waals surface area contributed by atoms with Crippen LogP contribution in [0.3, 0.4) is 0 Å². The number of nitrogens with one attached hydrogen (secondary N) is 1. The monoisotopic (exact) mass is 238 g/mol. The van der Waals surface area contributed by atoms with Gasteiger partial charge in [0.15, 0.2) is 0 Å². The highest BCUT2D eigenvalue weighted by atomic mass is 19.1. The Bertz CT molecular complexity index is 414. The number of halogens is 1. The summed E-state index contributed by atoms with van der Waals surface area (Å²) in [7, 11) is 0. The number of ether oxygens (including phenoxy) is 1. The fraction of sp³-hybridized carbons (Fsp3) is 0.538. The molecule has 0 saturated carbocycles. The molecule has 0 spiro atoms. The van der Waals surface area contributed by atoms with Crippen molar-refractivity contribution in [3.63, 3.8) is 0 Å². The molecule has 0 aromatic heterocycles. The lowest BCUT2D eigenvalue weighted by Crippen LogP contribution is -2.40. The van der Waals surface area contributed by atoms with E-state index in [9.17, 15) is 4.39 Å². The predicted octanol–water partition coefficient (Wildman–Crippen LogP) is 2.70. The maximum atomic E-state index is 13.3. The molecule has 1 aliphatic heterocycles. The van der Waals surface area contributed by atoms with Crippen LogP contribution in [0.25, 0.3) is 0 Å². The van der Waals surface area contributed by atoms with Crippen molar-refractivity contribution in [1.29, 1.82) is 0 Å². The minimum absolute atomic E-state index is 0.0172. The number of hydrogen-bond donors (Lipinski definition) is 2. The van der Waals surface area contributed by atoms with Gasteiger partial charge in [0.25, 0.3) is 0 Å². The number of hydrogen-bond acceptors (Lipinski definition) is 3. The largest absolute Gasteiger partial charge is 0.397 e. The lowest BCUT2D eigenvalue weighted by molar-refractivity contribution is 0.0658. The lowest BCUT2D eigenvalue weighted by atomic mass is 9.92. The van der Waals surface area contributed by atoms with Gasteiger partial charge in [0.1, 0.15) is 5.82 Å². The molecule has 0 unspecified atom stereocenters. The van der Waals surface area contributed by atoms with Crippen LogP contribution in [-0.4, -0.2) is 18.8 Å². The first kappa shape index (κ1) is 12.2. The second kappa shape index (κ2) is 4.53. The van der Waals surface area contributed by atoms with Gasteiger partial charge >= 0.3 is 0 Å². The molecule has 94 valence electrons. The van der Waals surface area contributed by atoms with Crippen molar-refractivity contribution < 1.29 is 9.13 Å². The van der Waals surface area contributed by atoms with Crippen LogP contribution in [0.5, 0.6) is 0 Å². The molecule has 0 amide bonds. The lowest BCUT2D eigenvalue weighted by Gasteiger charge is -2.36. The molecule has 0 bridgehead atoms. The summed E-state index contributed by atoms with van der Waals surface area (Å²) in [5, 5.41) is 3.42. The van der Waals surface area contributed by atoms with Gasteiger partial charge in [-0.15, -0.1) is 0 Å². The van der Waals surface area contributed by atoms with E-state index in [1.54, 1.807) is 13.0 Å². The number of anilines is 2. The molecule has 0 radical (unpaired) electrons. The zero-order chi connectivity index (χ0) is 12.5. The predicted molar refractivity (Wildman–Crippen MR) is 67.6 cm³/mol. The minimum Gasteiger partial charge on any atom is -0.397 e. The standard InChI is InChI=1S/C13H19FN2O/c1-9-7-12(11(15)8-10(9)14)16-13(2)3-5-17-6-4-13/h7-8,16H,3-6,15H2,1-2H3. The van der Waals surface area contributed by atoms with E-state index in [4.69, 9.17) is 10.5 Å². The maximum Gasteiger partial charge on any atom is 0.128 e. The van der Waals surface area contributed by atoms with E-state index in [1.807, 2.05) is 0 Å². The number of nitrogens with two attached hydrogens (primary N) is 1. The van der Waals surface area contributed by atoms with Crippen LogP contribution in [0.2, 0.25) is 0 Å². The van der Waals surface area contributed by atoms with E-state index in [2.05, 4.69) is 12.2 Å². The third kappa shape index (κ3) is 2.69. The molecule has 0 atom stereocenters. The van der Waals surface area contributed by atoms with Gasteiger partial charge in [-0.3, -0.25) is 0 Å². The Kier molecular flexibility index (Phi) is 3.24. The summed E-state index contributed by atoms with van der Waals surface area (Å²) in [6.07, 6.45) is 1.87. The Hall–Kier alpha value is -1.29. The van der Waals surface area contributed by atoms with Crippen LogP contribution in [0.15, 0.2) is 12.1 Å². The highest BCUT2D eigenvalue weighted by molar-refractivity contribution is 5.68. The first-order valence-electron chi connectivity index (χ1n) is 5.92. The molecule has 1 saturated heterocycles. The molecule has 3 N–H and O–H groups in total. The van der Waals surface area contributed by atoms with Gasteiger partial charge in [-0.2, -0.15) is 0 Å². The molecule has 1 aromatic rings. The van der Waals surface area contributed by atoms with Crippen molar-refractivity contribution in [2.24, 2.45) is 0 Å². The topological polar surface area (TPSA) is 47.3 Å². The smallest absolute Gasteiger partial charge is 0.128 e. The summed E-state index contributed by atoms with van der Waals surface area (Å²) in [6, 6.07) is 3.14. The molecule has 4 heteroatoms. The average molecular weight is 238 g/mol. The second-order valence-electron chi connectivity index (χ2n) is 4.99. The molecule has 17 heavy (non-hydrogen) atoms. The van der Waals surface area contributed by atoms with E-state index in [-0.39, 0.29) is 11.4 Å². The van der Waals surface area contributed by atoms with Crippen LogP contribution in [0.4, 0.5) is 15.8 Å². The van der Waals surface area contributed by atoms with Gasteiger partial charge < -0.3 is 15.8 Å². The molecule has 1 aliphatic rings. The van der Waals surface area contributed by atoms with Crippen LogP contribution in [0.1, 0.15) is 25.3 Å². The highest BCUT2D eigenvalue weighted by Crippen LogP contribution is 2.30. The van der Waals surface area contributed by atoms with Gasteiger partial charge in [-0.1, -0.05) is 0 Å². The van der Waals surface area contributed by atoms with E-state index >= 15 is 0 Å². The molecule has 1 heterocycles. The van der Waals surface area contributed by atoms with Gasteiger partial charge in [-0.25, -0.2) is 4.39 Å². The van der Waals surface area contributed by atoms with Crippen LogP contribution in [-0.2, 0) is 4.74 Å². The number of nitrogen functional groups attached to an aromatic ring is 1. The van der Waals surface area contributed by atoms with Gasteiger partial charge in [0.2, 0.25) is 0 Å². The van der Waals surface area contributed by atoms with Crippen LogP contribution < -0.4 is 11.1 Å². The first-order valence-corrected chi connectivity index (χ1v) is 5.92. The maximum absolute atomic E-state index is 13.3. The average Bonchev–Trinajstić information content (AvgIpc) is 2.26. The number of benzene rings is 1. The minimum atomic E-state index is -0.259. The van der Waals surface area contributed by atoms with Gasteiger partial charge in [0.05, 0.1) is 11.4 Å². The summed E-state index contributed by atoms with van der Waals surface area (Å²) in [5.74, 6) is -0.259. The fourth-order valence-corrected chi connectivity index (χ4v) is 2.08. The molecule has 3 nitrogen and oxygen atoms in total. The van der Waals surface area contributed by atoms with Gasteiger partial charge in [-0.05, 0) is 44.4 Å². The van der Waals surface area contributed by atoms with Crippen LogP contribution >= 0.6 is 0 Å². The SMILES string of the molecule is Cc1cc(NC2(C)CCOCC2)c(N)cc1F. The molecular weight excluding hydrogens is 219 g/mol. The summed E-state index contributed by atoms with van der Waals surface area (Å²) in [6.45, 7) is 5.40. The van der Waals surface area contributed by atoms with Crippen molar-refractivity contribution in [3.05, 3.63) is 23.5 Å². The van der Waals surface area contributed by atoms with E-state index in [0.29, 0.717) is 11.3 Å². The summed E-state index contributed by atoms with van der Waals surface area (Å²) in [5.41, 5.74) is 7.70. The fourth-order valence-electron chi connectivity index (χ4n) is 2.08. The molecule has 0 aliphatic carbocycles. The quantitative estimate of drug-likeness (QED) is 0.779. The zero-order valence-electron chi connectivity index (χ0n) is 10.3. The van der Waals surface area contributed by atoms with Crippen molar-refractivity contribution in [2.45, 2.75) is 32.2 Å². The first-order chi connectivity index (χ1) is 8.00. The Labute approximate surface area is 101 Å². The van der Waals surface area contributed by atoms with E-state index in [1.165, 1.54) is 6.07 Å². The third-order valence-electron chi connectivity index (χ3n) is 3.36. The normalized spacial score (nSPS) is 19.0. The summed E-state index contributed by atoms with van der Waals surface area (Å²) < 4.78 is 18.7. The summed E-state index contributed by atoms with van der Waals surface area (Å²) >= 11 is 0. The molecule has 1 fully saturated rings. The number of rotatable bonds is 2. The van der Waals surface area contributed by atoms with E-state index in [0.717, 1.165) is 31.7 Å². The second-order valence-corrected chi connectivity index (χ2v) is 4.99. The molecule has 1 aromatic carbocycles. The Morgan fingerprint density at radius 3 is 2.65 bits per heavy atom. The number of aryl methyl sites for hydroxylation is 1. The van der Waals surface area contributed by atoms with Gasteiger partial charge in [0, 0.05) is 18.8 Å². The molecule has 2 rings (SSSR count). The van der Waals surface area contributed by atoms with E-state index < -0.39 is 0 Å². The summed E-state index contributed by atoms with van der Waals surface area (Å²) in [4.78, 5) is 0. The van der Waals surface area contributed by atoms with Crippen molar-refractivity contribution >= 4 is 11.4 Å². The molecular formula is C13H19FN2O. The Morgan fingerprint density at radius 2 is 2.00 bits per heavy atom. The van der Waals surface area contributed by atoms with Crippen LogP contribution in [0, 0.1) is 12.7 Å². The third-order valence-corrected chi connectivity index (χ3v) is 3.36. The van der Waals surface area contributed by atoms with Crippen molar-refractivity contribution in [3.8, 4) is 0 Å². The Balaban J connectivity index is 2.20. The zero-order valence-corrected chi connectivity index (χ0v) is 10.3.